The van der Waals surface area contributed by atoms with Crippen LogP contribution in [0.5, 0.6) is 0 Å². The van der Waals surface area contributed by atoms with E-state index in [0.717, 1.165) is 29.9 Å². The van der Waals surface area contributed by atoms with E-state index in [1.807, 2.05) is 31.6 Å². The van der Waals surface area contributed by atoms with Gasteiger partial charge in [-0.25, -0.2) is 0 Å². The third kappa shape index (κ3) is 3.22. The predicted octanol–water partition coefficient (Wildman–Crippen LogP) is 1.68. The first-order valence-electron chi connectivity index (χ1n) is 7.74. The smallest absolute Gasteiger partial charge is 0.220 e. The number of aromatic nitrogens is 2. The second kappa shape index (κ2) is 6.36. The van der Waals surface area contributed by atoms with E-state index in [1.54, 1.807) is 4.68 Å². The highest BCUT2D eigenvalue weighted by molar-refractivity contribution is 5.77. The van der Waals surface area contributed by atoms with Crippen LogP contribution in [-0.2, 0) is 24.8 Å². The van der Waals surface area contributed by atoms with Gasteiger partial charge in [0.1, 0.15) is 11.5 Å². The van der Waals surface area contributed by atoms with Crippen LogP contribution in [0.3, 0.4) is 0 Å². The van der Waals surface area contributed by atoms with Gasteiger partial charge in [-0.3, -0.25) is 9.48 Å². The Labute approximate surface area is 129 Å². The molecule has 0 bridgehead atoms. The number of hydrogen-bond donors (Lipinski definition) is 2. The molecule has 6 heteroatoms. The first-order valence-corrected chi connectivity index (χ1v) is 7.74. The summed E-state index contributed by atoms with van der Waals surface area (Å²) in [5.41, 5.74) is 1.03. The summed E-state index contributed by atoms with van der Waals surface area (Å²) in [7, 11) is 1.88. The van der Waals surface area contributed by atoms with E-state index < -0.39 is 0 Å². The maximum absolute atomic E-state index is 11.7. The Kier molecular flexibility index (Phi) is 4.29. The quantitative estimate of drug-likeness (QED) is 0.881. The molecule has 118 valence electrons. The van der Waals surface area contributed by atoms with Gasteiger partial charge in [-0.15, -0.1) is 0 Å². The van der Waals surface area contributed by atoms with Gasteiger partial charge in [0.15, 0.2) is 0 Å². The van der Waals surface area contributed by atoms with Crippen LogP contribution in [0.25, 0.3) is 0 Å². The van der Waals surface area contributed by atoms with Gasteiger partial charge in [0.05, 0.1) is 18.8 Å². The fraction of sp³-hybridized carbons (Fsp3) is 0.500. The van der Waals surface area contributed by atoms with Crippen molar-refractivity contribution in [3.8, 4) is 0 Å². The molecule has 1 aliphatic rings. The molecule has 2 atom stereocenters. The highest BCUT2D eigenvalue weighted by atomic mass is 16.3. The summed E-state index contributed by atoms with van der Waals surface area (Å²) in [6.45, 7) is 2.74. The molecule has 3 heterocycles. The molecule has 2 aromatic heterocycles. The molecular formula is C16H22N4O2. The number of amides is 1. The van der Waals surface area contributed by atoms with Crippen molar-refractivity contribution in [3.63, 3.8) is 0 Å². The van der Waals surface area contributed by atoms with Crippen molar-refractivity contribution in [2.45, 2.75) is 44.8 Å². The van der Waals surface area contributed by atoms with Gasteiger partial charge < -0.3 is 15.1 Å². The van der Waals surface area contributed by atoms with Crippen LogP contribution < -0.4 is 10.6 Å². The zero-order valence-electron chi connectivity index (χ0n) is 13.0. The summed E-state index contributed by atoms with van der Waals surface area (Å²) in [6.07, 6.45) is 6.03. The molecule has 2 N–H and O–H groups in total. The zero-order chi connectivity index (χ0) is 15.5. The lowest BCUT2D eigenvalue weighted by molar-refractivity contribution is -0.123. The van der Waals surface area contributed by atoms with Gasteiger partial charge >= 0.3 is 0 Å². The second-order valence-corrected chi connectivity index (χ2v) is 5.74. The Bertz CT molecular complexity index is 646. The van der Waals surface area contributed by atoms with Crippen LogP contribution >= 0.6 is 0 Å². The molecule has 6 nitrogen and oxygen atoms in total. The average molecular weight is 302 g/mol. The molecule has 1 amide bonds. The minimum Gasteiger partial charge on any atom is -0.465 e. The van der Waals surface area contributed by atoms with Crippen molar-refractivity contribution in [1.29, 1.82) is 0 Å². The number of hydrogen-bond acceptors (Lipinski definition) is 4. The van der Waals surface area contributed by atoms with Crippen LogP contribution in [0, 0.1) is 0 Å². The van der Waals surface area contributed by atoms with Crippen molar-refractivity contribution in [2.24, 2.45) is 7.05 Å². The Hall–Kier alpha value is -2.08. The number of piperidine rings is 1. The lowest BCUT2D eigenvalue weighted by Gasteiger charge is -2.32. The van der Waals surface area contributed by atoms with Crippen molar-refractivity contribution < 1.29 is 9.21 Å². The van der Waals surface area contributed by atoms with E-state index in [-0.39, 0.29) is 18.0 Å². The molecule has 0 spiro atoms. The van der Waals surface area contributed by atoms with Gasteiger partial charge in [0.2, 0.25) is 5.91 Å². The molecule has 0 aromatic carbocycles. The molecule has 1 aliphatic heterocycles. The molecule has 2 aromatic rings. The monoisotopic (exact) mass is 302 g/mol. The predicted molar refractivity (Wildman–Crippen MR) is 82.0 cm³/mol. The van der Waals surface area contributed by atoms with Crippen LogP contribution in [0.1, 0.15) is 42.9 Å². The van der Waals surface area contributed by atoms with E-state index in [9.17, 15) is 4.79 Å². The summed E-state index contributed by atoms with van der Waals surface area (Å²) in [4.78, 5) is 11.7. The van der Waals surface area contributed by atoms with E-state index >= 15 is 0 Å². The summed E-state index contributed by atoms with van der Waals surface area (Å²) < 4.78 is 7.48. The number of carbonyl (C=O) groups excluding carboxylic acids is 1. The van der Waals surface area contributed by atoms with Crippen molar-refractivity contribution in [3.05, 3.63) is 41.6 Å². The molecule has 0 radical (unpaired) electrons. The molecule has 1 saturated heterocycles. The maximum atomic E-state index is 11.7. The average Bonchev–Trinajstić information content (AvgIpc) is 3.14. The second-order valence-electron chi connectivity index (χ2n) is 5.74. The lowest BCUT2D eigenvalue weighted by Crippen LogP contribution is -2.48. The van der Waals surface area contributed by atoms with Gasteiger partial charge in [-0.1, -0.05) is 6.92 Å². The minimum atomic E-state index is -0.0458. The first kappa shape index (κ1) is 14.8. The number of aryl methyl sites for hydroxylation is 2. The Morgan fingerprint density at radius 3 is 2.95 bits per heavy atom. The molecule has 0 saturated carbocycles. The van der Waals surface area contributed by atoms with Crippen molar-refractivity contribution in [1.82, 2.24) is 20.4 Å². The number of nitrogens with one attached hydrogen (secondary N) is 2. The van der Waals surface area contributed by atoms with Crippen LogP contribution in [0.4, 0.5) is 0 Å². The van der Waals surface area contributed by atoms with Crippen molar-refractivity contribution >= 4 is 5.91 Å². The standard InChI is InChI=1S/C16H22N4O2/c1-3-12-4-5-13(22-12)9-17-14-6-7-15(21)19-16(14)11-8-18-20(2)10-11/h4-5,8,10,14,16-17H,3,6-7,9H2,1-2H3,(H,19,21)/t14-,16+/m1/s1. The molecule has 0 unspecified atom stereocenters. The lowest BCUT2D eigenvalue weighted by atomic mass is 9.93. The van der Waals surface area contributed by atoms with Gasteiger partial charge in [0.25, 0.3) is 0 Å². The fourth-order valence-electron chi connectivity index (χ4n) is 2.87. The summed E-state index contributed by atoms with van der Waals surface area (Å²) >= 11 is 0. The number of furan rings is 1. The minimum absolute atomic E-state index is 0.0458. The van der Waals surface area contributed by atoms with E-state index in [2.05, 4.69) is 22.7 Å². The normalized spacial score (nSPS) is 21.8. The Balaban J connectivity index is 1.68. The molecular weight excluding hydrogens is 280 g/mol. The highest BCUT2D eigenvalue weighted by Crippen LogP contribution is 2.24. The summed E-state index contributed by atoms with van der Waals surface area (Å²) in [5, 5.41) is 10.8. The van der Waals surface area contributed by atoms with Gasteiger partial charge in [-0.05, 0) is 18.6 Å². The molecule has 3 rings (SSSR count). The maximum Gasteiger partial charge on any atom is 0.220 e. The Morgan fingerprint density at radius 1 is 1.45 bits per heavy atom. The zero-order valence-corrected chi connectivity index (χ0v) is 13.0. The Morgan fingerprint density at radius 2 is 2.27 bits per heavy atom. The number of rotatable bonds is 5. The summed E-state index contributed by atoms with van der Waals surface area (Å²) in [6, 6.07) is 4.15. The van der Waals surface area contributed by atoms with E-state index in [0.29, 0.717) is 13.0 Å². The number of carbonyl (C=O) groups is 1. The first-order chi connectivity index (χ1) is 10.7. The molecule has 22 heavy (non-hydrogen) atoms. The topological polar surface area (TPSA) is 72.1 Å². The fourth-order valence-corrected chi connectivity index (χ4v) is 2.87. The van der Waals surface area contributed by atoms with Gasteiger partial charge in [-0.2, -0.15) is 5.10 Å². The SMILES string of the molecule is CCc1ccc(CN[C@@H]2CCC(=O)N[C@H]2c2cnn(C)c2)o1. The largest absolute Gasteiger partial charge is 0.465 e. The van der Waals surface area contributed by atoms with Gasteiger partial charge in [0, 0.05) is 37.7 Å². The van der Waals surface area contributed by atoms with Crippen LogP contribution in [0.15, 0.2) is 28.9 Å². The van der Waals surface area contributed by atoms with E-state index in [1.165, 1.54) is 0 Å². The van der Waals surface area contributed by atoms with Crippen LogP contribution in [-0.4, -0.2) is 21.7 Å². The van der Waals surface area contributed by atoms with Crippen LogP contribution in [0.2, 0.25) is 0 Å². The third-order valence-electron chi connectivity index (χ3n) is 4.09. The number of nitrogens with zero attached hydrogens (tertiary/aromatic N) is 2. The highest BCUT2D eigenvalue weighted by Gasteiger charge is 2.30. The molecule has 1 fully saturated rings. The summed E-state index contributed by atoms with van der Waals surface area (Å²) in [5.74, 6) is 2.02. The van der Waals surface area contributed by atoms with E-state index in [4.69, 9.17) is 4.42 Å². The third-order valence-corrected chi connectivity index (χ3v) is 4.09. The molecule has 0 aliphatic carbocycles. The van der Waals surface area contributed by atoms with Crippen molar-refractivity contribution in [2.75, 3.05) is 0 Å².